The molecule has 150 valence electrons. The van der Waals surface area contributed by atoms with E-state index in [1.54, 1.807) is 0 Å². The number of benzene rings is 1. The van der Waals surface area contributed by atoms with Crippen molar-refractivity contribution in [1.29, 1.82) is 0 Å². The number of nitrogens with zero attached hydrogens (tertiary/aromatic N) is 1. The van der Waals surface area contributed by atoms with Crippen molar-refractivity contribution >= 4 is 11.7 Å². The monoisotopic (exact) mass is 394 g/mol. The second-order valence-electron chi connectivity index (χ2n) is 7.07. The molecule has 3 N–H and O–H groups in total. The van der Waals surface area contributed by atoms with Crippen LogP contribution in [-0.4, -0.2) is 38.6 Å². The summed E-state index contributed by atoms with van der Waals surface area (Å²) in [6.45, 7) is 5.21. The molecule has 28 heavy (non-hydrogen) atoms. The standard InChI is InChI=1S/C20H23F3N4O/c1-15(16-5-3-2-4-6-16)25-19(28)14-26-9-11-27(12-10-26)18-8-7-17(13-24-18)20(21,22)23/h2-8,13,15H,9-12,14H2,1H3,(H,25,28)/p+2/t15-/m1/s1. The molecule has 1 saturated heterocycles. The summed E-state index contributed by atoms with van der Waals surface area (Å²) in [6.07, 6.45) is -3.35. The van der Waals surface area contributed by atoms with Gasteiger partial charge in [-0.25, -0.2) is 4.98 Å². The fraction of sp³-hybridized carbons (Fsp3) is 0.400. The number of aromatic nitrogens is 1. The van der Waals surface area contributed by atoms with Crippen molar-refractivity contribution in [3.8, 4) is 0 Å². The molecule has 0 bridgehead atoms. The lowest BCUT2D eigenvalue weighted by Crippen LogP contribution is -3.16. The maximum atomic E-state index is 12.7. The molecular formula is C20H25F3N4O+2. The van der Waals surface area contributed by atoms with Gasteiger partial charge in [0.1, 0.15) is 32.4 Å². The SMILES string of the molecule is C[C@@H](NC(=O)C[NH+]1CCN(c2ccc(C(F)(F)F)c[nH+]2)CC1)c1ccccc1. The molecule has 0 aliphatic carbocycles. The molecule has 1 aromatic heterocycles. The van der Waals surface area contributed by atoms with Gasteiger partial charge in [-0.2, -0.15) is 13.2 Å². The Morgan fingerprint density at radius 2 is 1.86 bits per heavy atom. The van der Waals surface area contributed by atoms with Crippen LogP contribution in [0.5, 0.6) is 0 Å². The van der Waals surface area contributed by atoms with Crippen molar-refractivity contribution in [2.24, 2.45) is 0 Å². The molecule has 2 heterocycles. The topological polar surface area (TPSA) is 50.9 Å². The van der Waals surface area contributed by atoms with Crippen LogP contribution < -0.4 is 20.1 Å². The van der Waals surface area contributed by atoms with Gasteiger partial charge >= 0.3 is 6.18 Å². The van der Waals surface area contributed by atoms with Crippen LogP contribution >= 0.6 is 0 Å². The van der Waals surface area contributed by atoms with Crippen LogP contribution in [0.4, 0.5) is 19.0 Å². The number of nitrogens with one attached hydrogen (secondary N) is 3. The Bertz CT molecular complexity index is 772. The molecule has 3 rings (SSSR count). The van der Waals surface area contributed by atoms with Crippen LogP contribution in [0, 0.1) is 0 Å². The number of alkyl halides is 3. The summed E-state index contributed by atoms with van der Waals surface area (Å²) in [5.41, 5.74) is 0.373. The third kappa shape index (κ3) is 5.22. The number of quaternary nitrogens is 1. The van der Waals surface area contributed by atoms with Crippen molar-refractivity contribution in [2.45, 2.75) is 19.1 Å². The number of piperazine rings is 1. The van der Waals surface area contributed by atoms with Crippen LogP contribution in [0.25, 0.3) is 0 Å². The molecule has 1 amide bonds. The Labute approximate surface area is 162 Å². The molecule has 1 aromatic carbocycles. The Kier molecular flexibility index (Phi) is 6.18. The number of rotatable bonds is 5. The van der Waals surface area contributed by atoms with Gasteiger partial charge in [0.2, 0.25) is 0 Å². The zero-order chi connectivity index (χ0) is 20.1. The molecule has 1 fully saturated rings. The number of hydrogen-bond donors (Lipinski definition) is 2. The van der Waals surface area contributed by atoms with Crippen molar-refractivity contribution in [3.05, 3.63) is 59.8 Å². The van der Waals surface area contributed by atoms with Crippen LogP contribution in [-0.2, 0) is 11.0 Å². The Hall–Kier alpha value is -2.61. The van der Waals surface area contributed by atoms with Crippen LogP contribution in [0.3, 0.4) is 0 Å². The van der Waals surface area contributed by atoms with E-state index < -0.39 is 11.7 Å². The molecule has 0 spiro atoms. The lowest BCUT2D eigenvalue weighted by Gasteiger charge is -2.28. The van der Waals surface area contributed by atoms with E-state index in [4.69, 9.17) is 0 Å². The molecule has 1 aliphatic rings. The van der Waals surface area contributed by atoms with Crippen LogP contribution in [0.1, 0.15) is 24.1 Å². The minimum Gasteiger partial charge on any atom is -0.345 e. The fourth-order valence-electron chi connectivity index (χ4n) is 3.37. The first kappa shape index (κ1) is 20.1. The van der Waals surface area contributed by atoms with E-state index in [0.29, 0.717) is 25.5 Å². The summed E-state index contributed by atoms with van der Waals surface area (Å²) in [5, 5.41) is 3.02. The summed E-state index contributed by atoms with van der Waals surface area (Å²) in [6, 6.07) is 12.3. The minimum atomic E-state index is -4.35. The lowest BCUT2D eigenvalue weighted by molar-refractivity contribution is -0.892. The summed E-state index contributed by atoms with van der Waals surface area (Å²) in [7, 11) is 0. The second-order valence-corrected chi connectivity index (χ2v) is 7.07. The van der Waals surface area contributed by atoms with Crippen LogP contribution in [0.2, 0.25) is 0 Å². The third-order valence-electron chi connectivity index (χ3n) is 5.02. The third-order valence-corrected chi connectivity index (χ3v) is 5.02. The van der Waals surface area contributed by atoms with Gasteiger partial charge in [-0.15, -0.1) is 0 Å². The van der Waals surface area contributed by atoms with E-state index >= 15 is 0 Å². The number of pyridine rings is 1. The van der Waals surface area contributed by atoms with Crippen LogP contribution in [0.15, 0.2) is 48.7 Å². The number of amides is 1. The molecule has 2 aromatic rings. The number of aromatic amines is 1. The largest absolute Gasteiger partial charge is 0.419 e. The van der Waals surface area contributed by atoms with E-state index in [-0.39, 0.29) is 11.9 Å². The highest BCUT2D eigenvalue weighted by Gasteiger charge is 2.33. The summed E-state index contributed by atoms with van der Waals surface area (Å²) in [5.74, 6) is 0.662. The van der Waals surface area contributed by atoms with Gasteiger partial charge in [0.15, 0.2) is 6.54 Å². The highest BCUT2D eigenvalue weighted by Crippen LogP contribution is 2.28. The quantitative estimate of drug-likeness (QED) is 0.798. The van der Waals surface area contributed by atoms with E-state index in [1.807, 2.05) is 42.2 Å². The number of H-pyrrole nitrogens is 1. The molecule has 1 aliphatic heterocycles. The predicted molar refractivity (Wildman–Crippen MR) is 98.8 cm³/mol. The van der Waals surface area contributed by atoms with Gasteiger partial charge in [0, 0.05) is 6.07 Å². The van der Waals surface area contributed by atoms with Crippen molar-refractivity contribution in [2.75, 3.05) is 37.6 Å². The molecule has 0 unspecified atom stereocenters. The number of hydrogen-bond acceptors (Lipinski definition) is 2. The highest BCUT2D eigenvalue weighted by molar-refractivity contribution is 5.77. The van der Waals surface area contributed by atoms with E-state index in [9.17, 15) is 18.0 Å². The summed E-state index contributed by atoms with van der Waals surface area (Å²) in [4.78, 5) is 18.2. The normalized spacial score (nSPS) is 16.6. The van der Waals surface area contributed by atoms with E-state index in [0.717, 1.165) is 30.9 Å². The van der Waals surface area contributed by atoms with Crippen molar-refractivity contribution in [3.63, 3.8) is 0 Å². The first-order valence-corrected chi connectivity index (χ1v) is 9.34. The fourth-order valence-corrected chi connectivity index (χ4v) is 3.37. The van der Waals surface area contributed by atoms with Crippen molar-refractivity contribution in [1.82, 2.24) is 5.32 Å². The predicted octanol–water partition coefficient (Wildman–Crippen LogP) is 1.10. The lowest BCUT2D eigenvalue weighted by atomic mass is 10.1. The maximum Gasteiger partial charge on any atom is 0.419 e. The zero-order valence-electron chi connectivity index (χ0n) is 15.7. The van der Waals surface area contributed by atoms with Gasteiger partial charge < -0.3 is 10.2 Å². The van der Waals surface area contributed by atoms with Gasteiger partial charge in [0.05, 0.1) is 11.6 Å². The number of carbonyl (C=O) groups is 1. The number of halogens is 3. The van der Waals surface area contributed by atoms with E-state index in [1.165, 1.54) is 11.0 Å². The average Bonchev–Trinajstić information content (AvgIpc) is 2.68. The molecule has 8 heteroatoms. The molecule has 1 atom stereocenters. The van der Waals surface area contributed by atoms with Gasteiger partial charge in [-0.1, -0.05) is 30.3 Å². The maximum absolute atomic E-state index is 12.7. The summed E-state index contributed by atoms with van der Waals surface area (Å²) < 4.78 is 38.0. The molecule has 5 nitrogen and oxygen atoms in total. The minimum absolute atomic E-state index is 0.000829. The van der Waals surface area contributed by atoms with Crippen molar-refractivity contribution < 1.29 is 27.8 Å². The Balaban J connectivity index is 1.47. The summed E-state index contributed by atoms with van der Waals surface area (Å²) >= 11 is 0. The molecule has 0 radical (unpaired) electrons. The molecule has 0 saturated carbocycles. The van der Waals surface area contributed by atoms with Gasteiger partial charge in [-0.3, -0.25) is 9.69 Å². The van der Waals surface area contributed by atoms with Gasteiger partial charge in [-0.05, 0) is 18.6 Å². The second kappa shape index (κ2) is 8.60. The van der Waals surface area contributed by atoms with Gasteiger partial charge in [0.25, 0.3) is 11.7 Å². The first-order valence-electron chi connectivity index (χ1n) is 9.34. The number of carbonyl (C=O) groups excluding carboxylic acids is 1. The van der Waals surface area contributed by atoms with E-state index in [2.05, 4.69) is 10.3 Å². The zero-order valence-corrected chi connectivity index (χ0v) is 15.7. The highest BCUT2D eigenvalue weighted by atomic mass is 19.4. The molecular weight excluding hydrogens is 369 g/mol. The Morgan fingerprint density at radius 1 is 1.18 bits per heavy atom. The number of anilines is 1. The average molecular weight is 394 g/mol. The first-order chi connectivity index (χ1) is 13.3. The smallest absolute Gasteiger partial charge is 0.345 e. The Morgan fingerprint density at radius 3 is 2.43 bits per heavy atom.